The van der Waals surface area contributed by atoms with Crippen molar-refractivity contribution in [1.82, 2.24) is 5.32 Å². The van der Waals surface area contributed by atoms with Gasteiger partial charge in [0, 0.05) is 6.61 Å². The molecular formula is C14H29NO3. The molecule has 108 valence electrons. The standard InChI is InChI=1S/C14H29NO3/c1-6-10-15-14(5,12(16)17)9-8-11-18-13(3,4)7-2/h15H,6-11H2,1-5H3,(H,16,17). The van der Waals surface area contributed by atoms with Gasteiger partial charge in [-0.1, -0.05) is 13.8 Å². The highest BCUT2D eigenvalue weighted by atomic mass is 16.5. The Balaban J connectivity index is 4.09. The number of carboxylic acids is 1. The number of rotatable bonds is 10. The highest BCUT2D eigenvalue weighted by Crippen LogP contribution is 2.17. The van der Waals surface area contributed by atoms with Gasteiger partial charge in [-0.2, -0.15) is 0 Å². The first-order chi connectivity index (χ1) is 8.27. The lowest BCUT2D eigenvalue weighted by atomic mass is 9.96. The Hall–Kier alpha value is -0.610. The summed E-state index contributed by atoms with van der Waals surface area (Å²) in [6.45, 7) is 11.3. The summed E-state index contributed by atoms with van der Waals surface area (Å²) in [5.41, 5.74) is -0.952. The van der Waals surface area contributed by atoms with Gasteiger partial charge in [-0.15, -0.1) is 0 Å². The zero-order valence-corrected chi connectivity index (χ0v) is 12.5. The molecule has 0 rings (SSSR count). The Bertz CT molecular complexity index is 253. The Kier molecular flexibility index (Phi) is 7.48. The summed E-state index contributed by atoms with van der Waals surface area (Å²) in [6.07, 6.45) is 3.23. The van der Waals surface area contributed by atoms with E-state index >= 15 is 0 Å². The van der Waals surface area contributed by atoms with Crippen LogP contribution in [0.25, 0.3) is 0 Å². The van der Waals surface area contributed by atoms with Crippen LogP contribution in [0.2, 0.25) is 0 Å². The molecule has 1 atom stereocenters. The smallest absolute Gasteiger partial charge is 0.323 e. The minimum absolute atomic E-state index is 0.115. The Morgan fingerprint density at radius 1 is 1.28 bits per heavy atom. The molecule has 0 heterocycles. The summed E-state index contributed by atoms with van der Waals surface area (Å²) in [5, 5.41) is 12.4. The van der Waals surface area contributed by atoms with Gasteiger partial charge in [0.15, 0.2) is 0 Å². The third-order valence-electron chi connectivity index (χ3n) is 3.40. The van der Waals surface area contributed by atoms with E-state index in [1.165, 1.54) is 0 Å². The Morgan fingerprint density at radius 3 is 2.33 bits per heavy atom. The molecule has 0 aliphatic rings. The molecule has 0 fully saturated rings. The van der Waals surface area contributed by atoms with Crippen molar-refractivity contribution in [2.75, 3.05) is 13.2 Å². The first-order valence-corrected chi connectivity index (χ1v) is 6.90. The summed E-state index contributed by atoms with van der Waals surface area (Å²) < 4.78 is 5.74. The van der Waals surface area contributed by atoms with Crippen LogP contribution in [0, 0.1) is 0 Å². The number of hydrogen-bond donors (Lipinski definition) is 2. The van der Waals surface area contributed by atoms with Gasteiger partial charge in [0.05, 0.1) is 5.60 Å². The fraction of sp³-hybridized carbons (Fsp3) is 0.929. The lowest BCUT2D eigenvalue weighted by molar-refractivity contribution is -0.144. The topological polar surface area (TPSA) is 58.6 Å². The molecule has 0 radical (unpaired) electrons. The maximum absolute atomic E-state index is 11.3. The molecule has 0 bridgehead atoms. The van der Waals surface area contributed by atoms with Crippen LogP contribution in [0.4, 0.5) is 0 Å². The second-order valence-electron chi connectivity index (χ2n) is 5.63. The zero-order valence-electron chi connectivity index (χ0n) is 12.5. The molecule has 0 spiro atoms. The SMILES string of the molecule is CCCNC(C)(CCCOC(C)(C)CC)C(=O)O. The number of hydrogen-bond acceptors (Lipinski definition) is 3. The minimum Gasteiger partial charge on any atom is -0.480 e. The van der Waals surface area contributed by atoms with Crippen LogP contribution in [0.1, 0.15) is 60.3 Å². The molecule has 0 aromatic heterocycles. The van der Waals surface area contributed by atoms with Crippen molar-refractivity contribution in [3.05, 3.63) is 0 Å². The van der Waals surface area contributed by atoms with Gasteiger partial charge >= 0.3 is 5.97 Å². The summed E-state index contributed by atoms with van der Waals surface area (Å²) >= 11 is 0. The van der Waals surface area contributed by atoms with Gasteiger partial charge < -0.3 is 15.2 Å². The molecule has 0 saturated heterocycles. The van der Waals surface area contributed by atoms with Crippen molar-refractivity contribution in [1.29, 1.82) is 0 Å². The Morgan fingerprint density at radius 2 is 1.89 bits per heavy atom. The second-order valence-corrected chi connectivity index (χ2v) is 5.63. The molecular weight excluding hydrogens is 230 g/mol. The minimum atomic E-state index is -0.838. The number of carboxylic acid groups (broad SMARTS) is 1. The first kappa shape index (κ1) is 17.4. The highest BCUT2D eigenvalue weighted by Gasteiger charge is 2.31. The fourth-order valence-corrected chi connectivity index (χ4v) is 1.55. The molecule has 1 unspecified atom stereocenters. The van der Waals surface area contributed by atoms with Crippen molar-refractivity contribution < 1.29 is 14.6 Å². The van der Waals surface area contributed by atoms with Crippen LogP contribution in [0.5, 0.6) is 0 Å². The maximum Gasteiger partial charge on any atom is 0.323 e. The van der Waals surface area contributed by atoms with Crippen molar-refractivity contribution in [3.8, 4) is 0 Å². The van der Waals surface area contributed by atoms with E-state index in [1.807, 2.05) is 6.92 Å². The first-order valence-electron chi connectivity index (χ1n) is 6.90. The van der Waals surface area contributed by atoms with Gasteiger partial charge in [-0.05, 0) is 53.0 Å². The quantitative estimate of drug-likeness (QED) is 0.592. The van der Waals surface area contributed by atoms with Crippen LogP contribution >= 0.6 is 0 Å². The molecule has 18 heavy (non-hydrogen) atoms. The number of nitrogens with one attached hydrogen (secondary N) is 1. The largest absolute Gasteiger partial charge is 0.480 e. The molecule has 0 aliphatic heterocycles. The number of ether oxygens (including phenoxy) is 1. The summed E-state index contributed by atoms with van der Waals surface area (Å²) in [4.78, 5) is 11.3. The van der Waals surface area contributed by atoms with Gasteiger partial charge in [0.25, 0.3) is 0 Å². The second kappa shape index (κ2) is 7.74. The van der Waals surface area contributed by atoms with E-state index < -0.39 is 11.5 Å². The van der Waals surface area contributed by atoms with E-state index in [9.17, 15) is 9.90 Å². The van der Waals surface area contributed by atoms with Crippen molar-refractivity contribution in [2.24, 2.45) is 0 Å². The van der Waals surface area contributed by atoms with Crippen LogP contribution in [0.3, 0.4) is 0 Å². The molecule has 0 aromatic carbocycles. The van der Waals surface area contributed by atoms with E-state index in [0.29, 0.717) is 13.0 Å². The van der Waals surface area contributed by atoms with Gasteiger partial charge in [0.2, 0.25) is 0 Å². The van der Waals surface area contributed by atoms with Crippen molar-refractivity contribution in [3.63, 3.8) is 0 Å². The molecule has 0 aliphatic carbocycles. The average molecular weight is 259 g/mol. The fourth-order valence-electron chi connectivity index (χ4n) is 1.55. The van der Waals surface area contributed by atoms with Crippen LogP contribution < -0.4 is 5.32 Å². The lowest BCUT2D eigenvalue weighted by Crippen LogP contribution is -2.50. The molecule has 0 amide bonds. The highest BCUT2D eigenvalue weighted by molar-refractivity contribution is 5.78. The number of carbonyl (C=O) groups is 1. The molecule has 0 saturated carbocycles. The van der Waals surface area contributed by atoms with Crippen molar-refractivity contribution in [2.45, 2.75) is 71.4 Å². The van der Waals surface area contributed by atoms with E-state index in [0.717, 1.165) is 25.8 Å². The normalized spacial score (nSPS) is 15.4. The van der Waals surface area contributed by atoms with Crippen molar-refractivity contribution >= 4 is 5.97 Å². The van der Waals surface area contributed by atoms with Crippen LogP contribution in [0.15, 0.2) is 0 Å². The van der Waals surface area contributed by atoms with Gasteiger partial charge in [-0.3, -0.25) is 4.79 Å². The third kappa shape index (κ3) is 6.36. The average Bonchev–Trinajstić information content (AvgIpc) is 2.32. The molecule has 2 N–H and O–H groups in total. The van der Waals surface area contributed by atoms with E-state index in [1.54, 1.807) is 6.92 Å². The third-order valence-corrected chi connectivity index (χ3v) is 3.40. The van der Waals surface area contributed by atoms with Gasteiger partial charge in [0.1, 0.15) is 5.54 Å². The monoisotopic (exact) mass is 259 g/mol. The predicted molar refractivity (Wildman–Crippen MR) is 73.9 cm³/mol. The molecule has 4 heteroatoms. The molecule has 0 aromatic rings. The number of aliphatic carboxylic acids is 1. The Labute approximate surface area is 111 Å². The lowest BCUT2D eigenvalue weighted by Gasteiger charge is -2.28. The van der Waals surface area contributed by atoms with E-state index in [-0.39, 0.29) is 5.60 Å². The van der Waals surface area contributed by atoms with E-state index in [4.69, 9.17) is 4.74 Å². The summed E-state index contributed by atoms with van der Waals surface area (Å²) in [6, 6.07) is 0. The molecule has 4 nitrogen and oxygen atoms in total. The predicted octanol–water partition coefficient (Wildman–Crippen LogP) is 2.81. The zero-order chi connectivity index (χ0) is 14.2. The van der Waals surface area contributed by atoms with Crippen LogP contribution in [-0.2, 0) is 9.53 Å². The van der Waals surface area contributed by atoms with E-state index in [2.05, 4.69) is 26.1 Å². The summed E-state index contributed by atoms with van der Waals surface area (Å²) in [5.74, 6) is -0.786. The summed E-state index contributed by atoms with van der Waals surface area (Å²) in [7, 11) is 0. The van der Waals surface area contributed by atoms with Gasteiger partial charge in [-0.25, -0.2) is 0 Å². The maximum atomic E-state index is 11.3. The van der Waals surface area contributed by atoms with Crippen LogP contribution in [-0.4, -0.2) is 35.4 Å².